The number of halogens is 1. The molecule has 0 saturated carbocycles. The molecule has 0 spiro atoms. The Kier molecular flexibility index (Phi) is 6.47. The molecule has 1 saturated heterocycles. The van der Waals surface area contributed by atoms with Crippen molar-refractivity contribution in [3.63, 3.8) is 0 Å². The lowest BCUT2D eigenvalue weighted by atomic mass is 10.0. The fraction of sp³-hybridized carbons (Fsp3) is 0.304. The third-order valence-corrected chi connectivity index (χ3v) is 7.97. The SMILES string of the molecule is CC(=O)Nc1onc(C)c1-c1ccc(C)c(S(=O)(=O)N2CCN(c3ccc(Cl)cc3)CC2)c1. The van der Waals surface area contributed by atoms with Crippen LogP contribution in [0.5, 0.6) is 0 Å². The standard InChI is InChI=1S/C23H25ClN4O4S/c1-15-4-5-18(22-16(2)26-32-23(22)25-17(3)29)14-21(15)33(30,31)28-12-10-27(11-13-28)20-8-6-19(24)7-9-20/h4-9,14H,10-13H2,1-3H3,(H,25,29). The van der Waals surface area contributed by atoms with Crippen LogP contribution in [0.1, 0.15) is 18.2 Å². The molecule has 1 aliphatic rings. The van der Waals surface area contributed by atoms with Gasteiger partial charge >= 0.3 is 0 Å². The zero-order valence-electron chi connectivity index (χ0n) is 18.6. The summed E-state index contributed by atoms with van der Waals surface area (Å²) in [6.07, 6.45) is 0. The maximum absolute atomic E-state index is 13.5. The minimum absolute atomic E-state index is 0.198. The van der Waals surface area contributed by atoms with Crippen molar-refractivity contribution in [3.05, 3.63) is 58.7 Å². The van der Waals surface area contributed by atoms with Crippen molar-refractivity contribution >= 4 is 39.1 Å². The lowest BCUT2D eigenvalue weighted by molar-refractivity contribution is -0.114. The van der Waals surface area contributed by atoms with Crippen LogP contribution < -0.4 is 10.2 Å². The summed E-state index contributed by atoms with van der Waals surface area (Å²) in [6, 6.07) is 12.7. The molecule has 174 valence electrons. The van der Waals surface area contributed by atoms with E-state index >= 15 is 0 Å². The number of aromatic nitrogens is 1. The number of nitrogens with one attached hydrogen (secondary N) is 1. The van der Waals surface area contributed by atoms with Gasteiger partial charge < -0.3 is 9.42 Å². The van der Waals surface area contributed by atoms with Gasteiger partial charge in [-0.1, -0.05) is 28.9 Å². The van der Waals surface area contributed by atoms with Gasteiger partial charge in [0.25, 0.3) is 0 Å². The van der Waals surface area contributed by atoms with Crippen LogP contribution in [0.4, 0.5) is 11.6 Å². The number of benzene rings is 2. The van der Waals surface area contributed by atoms with Crippen molar-refractivity contribution in [3.8, 4) is 11.1 Å². The molecule has 1 amide bonds. The molecule has 4 rings (SSSR count). The van der Waals surface area contributed by atoms with Crippen molar-refractivity contribution in [2.45, 2.75) is 25.7 Å². The molecule has 1 aromatic heterocycles. The van der Waals surface area contributed by atoms with Crippen LogP contribution in [-0.4, -0.2) is 50.0 Å². The molecule has 2 aromatic carbocycles. The minimum Gasteiger partial charge on any atom is -0.369 e. The molecule has 8 nitrogen and oxygen atoms in total. The number of amides is 1. The van der Waals surface area contributed by atoms with Crippen LogP contribution in [0.25, 0.3) is 11.1 Å². The molecule has 0 aliphatic carbocycles. The van der Waals surface area contributed by atoms with Crippen LogP contribution in [0.15, 0.2) is 51.9 Å². The van der Waals surface area contributed by atoms with E-state index in [1.165, 1.54) is 11.2 Å². The van der Waals surface area contributed by atoms with Crippen molar-refractivity contribution in [1.82, 2.24) is 9.46 Å². The van der Waals surface area contributed by atoms with E-state index in [1.807, 2.05) is 24.3 Å². The summed E-state index contributed by atoms with van der Waals surface area (Å²) >= 11 is 5.97. The Hall–Kier alpha value is -2.88. The third-order valence-electron chi connectivity index (χ3n) is 5.68. The van der Waals surface area contributed by atoms with Crippen LogP contribution in [0.2, 0.25) is 5.02 Å². The Labute approximate surface area is 198 Å². The van der Waals surface area contributed by atoms with Gasteiger partial charge in [0, 0.05) is 43.8 Å². The van der Waals surface area contributed by atoms with E-state index in [-0.39, 0.29) is 16.7 Å². The Morgan fingerprint density at radius 1 is 1.06 bits per heavy atom. The van der Waals surface area contributed by atoms with Crippen molar-refractivity contribution in [2.75, 3.05) is 36.4 Å². The van der Waals surface area contributed by atoms with E-state index < -0.39 is 10.0 Å². The lowest BCUT2D eigenvalue weighted by Crippen LogP contribution is -2.48. The summed E-state index contributed by atoms with van der Waals surface area (Å²) in [5.41, 5.74) is 3.40. The van der Waals surface area contributed by atoms with Crippen molar-refractivity contribution in [2.24, 2.45) is 0 Å². The van der Waals surface area contributed by atoms with Gasteiger partial charge in [0.2, 0.25) is 21.8 Å². The molecule has 0 radical (unpaired) electrons. The van der Waals surface area contributed by atoms with E-state index in [2.05, 4.69) is 15.4 Å². The highest BCUT2D eigenvalue weighted by Gasteiger charge is 2.30. The number of rotatable bonds is 5. The average Bonchev–Trinajstić information content (AvgIpc) is 3.14. The van der Waals surface area contributed by atoms with Crippen LogP contribution in [0.3, 0.4) is 0 Å². The van der Waals surface area contributed by atoms with Gasteiger partial charge in [-0.3, -0.25) is 10.1 Å². The average molecular weight is 489 g/mol. The molecule has 33 heavy (non-hydrogen) atoms. The second kappa shape index (κ2) is 9.17. The summed E-state index contributed by atoms with van der Waals surface area (Å²) in [5, 5.41) is 7.21. The van der Waals surface area contributed by atoms with Crippen LogP contribution in [-0.2, 0) is 14.8 Å². The molecular formula is C23H25ClN4O4S. The zero-order chi connectivity index (χ0) is 23.8. The minimum atomic E-state index is -3.72. The lowest BCUT2D eigenvalue weighted by Gasteiger charge is -2.35. The second-order valence-electron chi connectivity index (χ2n) is 8.00. The summed E-state index contributed by atoms with van der Waals surface area (Å²) < 4.78 is 33.8. The topological polar surface area (TPSA) is 95.8 Å². The predicted octanol–water partition coefficient (Wildman–Crippen LogP) is 4.08. The first-order chi connectivity index (χ1) is 15.7. The number of anilines is 2. The first-order valence-corrected chi connectivity index (χ1v) is 12.3. The highest BCUT2D eigenvalue weighted by molar-refractivity contribution is 7.89. The van der Waals surface area contributed by atoms with E-state index in [1.54, 1.807) is 32.0 Å². The smallest absolute Gasteiger partial charge is 0.243 e. The van der Waals surface area contributed by atoms with E-state index in [4.69, 9.17) is 16.1 Å². The Morgan fingerprint density at radius 3 is 2.36 bits per heavy atom. The normalized spacial score (nSPS) is 15.0. The predicted molar refractivity (Wildman–Crippen MR) is 128 cm³/mol. The fourth-order valence-corrected chi connectivity index (χ4v) is 5.77. The molecule has 3 aromatic rings. The number of nitrogens with zero attached hydrogens (tertiary/aromatic N) is 3. The maximum atomic E-state index is 13.5. The van der Waals surface area contributed by atoms with E-state index in [0.717, 1.165) is 5.69 Å². The summed E-state index contributed by atoms with van der Waals surface area (Å²) in [7, 11) is -3.72. The highest BCUT2D eigenvalue weighted by atomic mass is 35.5. The highest BCUT2D eigenvalue weighted by Crippen LogP contribution is 2.34. The molecule has 1 aliphatic heterocycles. The number of piperazine rings is 1. The Morgan fingerprint density at radius 2 is 1.73 bits per heavy atom. The third kappa shape index (κ3) is 4.75. The fourth-order valence-electron chi connectivity index (χ4n) is 3.97. The number of carbonyl (C=O) groups is 1. The summed E-state index contributed by atoms with van der Waals surface area (Å²) in [5.74, 6) is -0.102. The Balaban J connectivity index is 1.60. The van der Waals surface area contributed by atoms with Crippen LogP contribution >= 0.6 is 11.6 Å². The molecular weight excluding hydrogens is 464 g/mol. The largest absolute Gasteiger partial charge is 0.369 e. The Bertz CT molecular complexity index is 1280. The van der Waals surface area contributed by atoms with E-state index in [9.17, 15) is 13.2 Å². The number of aryl methyl sites for hydroxylation is 2. The number of carbonyl (C=O) groups excluding carboxylic acids is 1. The summed E-state index contributed by atoms with van der Waals surface area (Å²) in [4.78, 5) is 13.9. The van der Waals surface area contributed by atoms with Gasteiger partial charge in [-0.05, 0) is 55.3 Å². The monoisotopic (exact) mass is 488 g/mol. The first-order valence-electron chi connectivity index (χ1n) is 10.5. The quantitative estimate of drug-likeness (QED) is 0.581. The molecule has 0 bridgehead atoms. The molecule has 1 N–H and O–H groups in total. The van der Waals surface area contributed by atoms with E-state index in [0.29, 0.717) is 53.6 Å². The number of hydrogen-bond acceptors (Lipinski definition) is 6. The van der Waals surface area contributed by atoms with Gasteiger partial charge in [-0.15, -0.1) is 0 Å². The molecule has 1 fully saturated rings. The molecule has 2 heterocycles. The molecule has 0 atom stereocenters. The van der Waals surface area contributed by atoms with Gasteiger partial charge in [-0.2, -0.15) is 4.31 Å². The summed E-state index contributed by atoms with van der Waals surface area (Å²) in [6.45, 7) is 6.80. The zero-order valence-corrected chi connectivity index (χ0v) is 20.2. The van der Waals surface area contributed by atoms with Gasteiger partial charge in [-0.25, -0.2) is 8.42 Å². The van der Waals surface area contributed by atoms with Crippen molar-refractivity contribution < 1.29 is 17.7 Å². The second-order valence-corrected chi connectivity index (χ2v) is 10.3. The van der Waals surface area contributed by atoms with Gasteiger partial charge in [0.05, 0.1) is 16.2 Å². The van der Waals surface area contributed by atoms with Crippen LogP contribution in [0, 0.1) is 13.8 Å². The van der Waals surface area contributed by atoms with Gasteiger partial charge in [0.15, 0.2) is 0 Å². The number of hydrogen-bond donors (Lipinski definition) is 1. The van der Waals surface area contributed by atoms with Gasteiger partial charge in [0.1, 0.15) is 0 Å². The molecule has 0 unspecified atom stereocenters. The van der Waals surface area contributed by atoms with Crippen molar-refractivity contribution in [1.29, 1.82) is 0 Å². The number of sulfonamides is 1. The molecule has 10 heteroatoms. The first kappa shape index (κ1) is 23.3. The maximum Gasteiger partial charge on any atom is 0.243 e.